The predicted octanol–water partition coefficient (Wildman–Crippen LogP) is 1.19. The van der Waals surface area contributed by atoms with Crippen molar-refractivity contribution < 1.29 is 9.53 Å². The standard InChI is InChI=1S/C11H16ClN3O2/c1-7-5-15(6-9(3-12)17-7)11(16)10-4-13-14-8(10)2/h4,7,9H,3,5-6H2,1-2H3,(H,13,14). The lowest BCUT2D eigenvalue weighted by Crippen LogP contribution is -2.49. The van der Waals surface area contributed by atoms with Gasteiger partial charge in [0.15, 0.2) is 0 Å². The molecule has 17 heavy (non-hydrogen) atoms. The maximum absolute atomic E-state index is 12.3. The number of carbonyl (C=O) groups is 1. The highest BCUT2D eigenvalue weighted by atomic mass is 35.5. The summed E-state index contributed by atoms with van der Waals surface area (Å²) >= 11 is 5.79. The minimum Gasteiger partial charge on any atom is -0.370 e. The second kappa shape index (κ2) is 5.06. The van der Waals surface area contributed by atoms with Crippen molar-refractivity contribution in [2.45, 2.75) is 26.1 Å². The van der Waals surface area contributed by atoms with Gasteiger partial charge in [-0.2, -0.15) is 5.10 Å². The number of halogens is 1. The Hall–Kier alpha value is -1.07. The molecule has 1 aromatic heterocycles. The molecule has 0 saturated carbocycles. The molecule has 0 aromatic carbocycles. The number of aromatic nitrogens is 2. The van der Waals surface area contributed by atoms with Crippen molar-refractivity contribution in [1.82, 2.24) is 15.1 Å². The van der Waals surface area contributed by atoms with Gasteiger partial charge >= 0.3 is 0 Å². The molecule has 94 valence electrons. The fraction of sp³-hybridized carbons (Fsp3) is 0.636. The number of rotatable bonds is 2. The summed E-state index contributed by atoms with van der Waals surface area (Å²) in [6.45, 7) is 4.92. The van der Waals surface area contributed by atoms with E-state index in [9.17, 15) is 4.79 Å². The SMILES string of the molecule is Cc1[nH]ncc1C(=O)N1CC(C)OC(CCl)C1. The Bertz CT molecular complexity index is 407. The fourth-order valence-corrected chi connectivity index (χ4v) is 2.20. The zero-order valence-electron chi connectivity index (χ0n) is 9.94. The number of hydrogen-bond donors (Lipinski definition) is 1. The van der Waals surface area contributed by atoms with Crippen LogP contribution in [-0.2, 0) is 4.74 Å². The summed E-state index contributed by atoms with van der Waals surface area (Å²) in [5.41, 5.74) is 1.41. The van der Waals surface area contributed by atoms with Gasteiger partial charge in [-0.3, -0.25) is 9.89 Å². The lowest BCUT2D eigenvalue weighted by atomic mass is 10.1. The van der Waals surface area contributed by atoms with E-state index in [-0.39, 0.29) is 18.1 Å². The van der Waals surface area contributed by atoms with E-state index in [4.69, 9.17) is 16.3 Å². The van der Waals surface area contributed by atoms with E-state index in [1.165, 1.54) is 0 Å². The Morgan fingerprint density at radius 3 is 3.06 bits per heavy atom. The third-order valence-electron chi connectivity index (χ3n) is 2.85. The van der Waals surface area contributed by atoms with Crippen LogP contribution in [0.2, 0.25) is 0 Å². The van der Waals surface area contributed by atoms with Crippen molar-refractivity contribution in [2.75, 3.05) is 19.0 Å². The number of hydrogen-bond acceptors (Lipinski definition) is 3. The first-order chi connectivity index (χ1) is 8.11. The zero-order chi connectivity index (χ0) is 12.4. The van der Waals surface area contributed by atoms with Gasteiger partial charge in [-0.1, -0.05) is 0 Å². The van der Waals surface area contributed by atoms with E-state index >= 15 is 0 Å². The molecule has 2 rings (SSSR count). The first-order valence-electron chi connectivity index (χ1n) is 5.62. The number of aryl methyl sites for hydroxylation is 1. The van der Waals surface area contributed by atoms with E-state index in [0.29, 0.717) is 24.5 Å². The lowest BCUT2D eigenvalue weighted by molar-refractivity contribution is -0.0570. The molecular formula is C11H16ClN3O2. The molecular weight excluding hydrogens is 242 g/mol. The smallest absolute Gasteiger partial charge is 0.257 e. The Balaban J connectivity index is 2.11. The van der Waals surface area contributed by atoms with E-state index in [0.717, 1.165) is 5.69 Å². The normalized spacial score (nSPS) is 25.0. The Labute approximate surface area is 105 Å². The monoisotopic (exact) mass is 257 g/mol. The third kappa shape index (κ3) is 2.61. The Kier molecular flexibility index (Phi) is 3.69. The first kappa shape index (κ1) is 12.4. The molecule has 6 heteroatoms. The van der Waals surface area contributed by atoms with Crippen LogP contribution >= 0.6 is 11.6 Å². The second-order valence-electron chi connectivity index (χ2n) is 4.34. The number of aromatic amines is 1. The van der Waals surface area contributed by atoms with Gasteiger partial charge < -0.3 is 9.64 Å². The van der Waals surface area contributed by atoms with Gasteiger partial charge in [0.05, 0.1) is 29.8 Å². The van der Waals surface area contributed by atoms with Gasteiger partial charge in [0, 0.05) is 18.8 Å². The maximum Gasteiger partial charge on any atom is 0.257 e. The topological polar surface area (TPSA) is 58.2 Å². The summed E-state index contributed by atoms with van der Waals surface area (Å²) in [5.74, 6) is 0.389. The number of nitrogens with one attached hydrogen (secondary N) is 1. The Morgan fingerprint density at radius 1 is 1.71 bits per heavy atom. The molecule has 1 aromatic rings. The fourth-order valence-electron chi connectivity index (χ4n) is 2.03. The quantitative estimate of drug-likeness (QED) is 0.810. The predicted molar refractivity (Wildman–Crippen MR) is 64.3 cm³/mol. The molecule has 0 bridgehead atoms. The van der Waals surface area contributed by atoms with Gasteiger partial charge in [0.25, 0.3) is 5.91 Å². The minimum atomic E-state index is -0.0865. The first-order valence-corrected chi connectivity index (χ1v) is 6.16. The van der Waals surface area contributed by atoms with Crippen molar-refractivity contribution in [3.63, 3.8) is 0 Å². The van der Waals surface area contributed by atoms with Gasteiger partial charge in [-0.25, -0.2) is 0 Å². The van der Waals surface area contributed by atoms with Crippen molar-refractivity contribution in [2.24, 2.45) is 0 Å². The Morgan fingerprint density at radius 2 is 2.47 bits per heavy atom. The van der Waals surface area contributed by atoms with Gasteiger partial charge in [0.1, 0.15) is 0 Å². The molecule has 1 aliphatic heterocycles. The lowest BCUT2D eigenvalue weighted by Gasteiger charge is -2.36. The maximum atomic E-state index is 12.3. The van der Waals surface area contributed by atoms with Crippen LogP contribution in [-0.4, -0.2) is 52.2 Å². The zero-order valence-corrected chi connectivity index (χ0v) is 10.7. The third-order valence-corrected chi connectivity index (χ3v) is 3.19. The molecule has 0 aliphatic carbocycles. The molecule has 5 nitrogen and oxygen atoms in total. The van der Waals surface area contributed by atoms with Crippen LogP contribution < -0.4 is 0 Å². The number of morpholine rings is 1. The molecule has 2 heterocycles. The number of ether oxygens (including phenoxy) is 1. The second-order valence-corrected chi connectivity index (χ2v) is 4.65. The van der Waals surface area contributed by atoms with Crippen LogP contribution in [0.3, 0.4) is 0 Å². The summed E-state index contributed by atoms with van der Waals surface area (Å²) in [6, 6.07) is 0. The average molecular weight is 258 g/mol. The van der Waals surface area contributed by atoms with Crippen molar-refractivity contribution in [1.29, 1.82) is 0 Å². The highest BCUT2D eigenvalue weighted by molar-refractivity contribution is 6.18. The van der Waals surface area contributed by atoms with Crippen molar-refractivity contribution in [3.8, 4) is 0 Å². The van der Waals surface area contributed by atoms with Gasteiger partial charge in [-0.15, -0.1) is 11.6 Å². The molecule has 1 aliphatic rings. The molecule has 1 amide bonds. The molecule has 1 fully saturated rings. The van der Waals surface area contributed by atoms with Crippen LogP contribution in [0.1, 0.15) is 23.0 Å². The van der Waals surface area contributed by atoms with E-state index in [2.05, 4.69) is 10.2 Å². The molecule has 0 radical (unpaired) electrons. The summed E-state index contributed by atoms with van der Waals surface area (Å²) in [4.78, 5) is 14.0. The van der Waals surface area contributed by atoms with Crippen molar-refractivity contribution >= 4 is 17.5 Å². The number of alkyl halides is 1. The summed E-state index contributed by atoms with van der Waals surface area (Å²) in [5, 5.41) is 6.64. The average Bonchev–Trinajstić information content (AvgIpc) is 2.73. The van der Waals surface area contributed by atoms with Gasteiger partial charge in [-0.05, 0) is 13.8 Å². The number of H-pyrrole nitrogens is 1. The largest absolute Gasteiger partial charge is 0.370 e. The van der Waals surface area contributed by atoms with E-state index < -0.39 is 0 Å². The summed E-state index contributed by atoms with van der Waals surface area (Å²) < 4.78 is 5.61. The summed E-state index contributed by atoms with van der Waals surface area (Å²) in [6.07, 6.45) is 1.49. The minimum absolute atomic E-state index is 0.0125. The molecule has 0 spiro atoms. The van der Waals surface area contributed by atoms with Crippen LogP contribution in [0, 0.1) is 6.92 Å². The van der Waals surface area contributed by atoms with Crippen molar-refractivity contribution in [3.05, 3.63) is 17.5 Å². The number of nitrogens with zero attached hydrogens (tertiary/aromatic N) is 2. The highest BCUT2D eigenvalue weighted by Crippen LogP contribution is 2.16. The number of amides is 1. The van der Waals surface area contributed by atoms with Crippen LogP contribution in [0.15, 0.2) is 6.20 Å². The van der Waals surface area contributed by atoms with Gasteiger partial charge in [0.2, 0.25) is 0 Å². The summed E-state index contributed by atoms with van der Waals surface area (Å²) in [7, 11) is 0. The van der Waals surface area contributed by atoms with Crippen LogP contribution in [0.5, 0.6) is 0 Å². The molecule has 1 saturated heterocycles. The van der Waals surface area contributed by atoms with E-state index in [1.54, 1.807) is 11.1 Å². The molecule has 2 unspecified atom stereocenters. The van der Waals surface area contributed by atoms with E-state index in [1.807, 2.05) is 13.8 Å². The van der Waals surface area contributed by atoms with Crippen LogP contribution in [0.25, 0.3) is 0 Å². The molecule has 2 atom stereocenters. The highest BCUT2D eigenvalue weighted by Gasteiger charge is 2.29. The van der Waals surface area contributed by atoms with Crippen LogP contribution in [0.4, 0.5) is 0 Å². The number of carbonyl (C=O) groups excluding carboxylic acids is 1. The molecule has 1 N–H and O–H groups in total.